The van der Waals surface area contributed by atoms with Gasteiger partial charge in [0.15, 0.2) is 0 Å². The molecular formula is C17H16FNO4S. The Morgan fingerprint density at radius 3 is 2.21 bits per heavy atom. The average molecular weight is 349 g/mol. The Hall–Kier alpha value is -2.25. The molecule has 1 fully saturated rings. The normalized spacial score (nSPS) is 22.9. The number of benzene rings is 2. The third kappa shape index (κ3) is 2.81. The summed E-state index contributed by atoms with van der Waals surface area (Å²) in [5.41, 5.74) is 1.47. The van der Waals surface area contributed by atoms with Crippen LogP contribution in [0.25, 0.3) is 0 Å². The molecule has 126 valence electrons. The summed E-state index contributed by atoms with van der Waals surface area (Å²) in [5, 5.41) is 0. The van der Waals surface area contributed by atoms with Crippen LogP contribution in [0.4, 0.5) is 4.39 Å². The fraction of sp³-hybridized carbons (Fsp3) is 0.235. The predicted octanol–water partition coefficient (Wildman–Crippen LogP) is 2.42. The van der Waals surface area contributed by atoms with Crippen LogP contribution in [0.2, 0.25) is 0 Å². The largest absolute Gasteiger partial charge is 0.468 e. The van der Waals surface area contributed by atoms with Crippen molar-refractivity contribution in [3.05, 3.63) is 65.5 Å². The number of halogens is 1. The monoisotopic (exact) mass is 349 g/mol. The quantitative estimate of drug-likeness (QED) is 0.628. The van der Waals surface area contributed by atoms with Gasteiger partial charge in [0.2, 0.25) is 10.0 Å². The van der Waals surface area contributed by atoms with Crippen molar-refractivity contribution in [2.75, 3.05) is 7.11 Å². The maximum Gasteiger partial charge on any atom is 0.326 e. The van der Waals surface area contributed by atoms with E-state index < -0.39 is 33.9 Å². The van der Waals surface area contributed by atoms with E-state index in [0.29, 0.717) is 5.56 Å². The topological polar surface area (TPSA) is 63.5 Å². The molecule has 0 N–H and O–H groups in total. The van der Waals surface area contributed by atoms with Crippen LogP contribution in [-0.4, -0.2) is 31.8 Å². The summed E-state index contributed by atoms with van der Waals surface area (Å²) in [4.78, 5) is 12.1. The Bertz CT molecular complexity index is 862. The Labute approximate surface area is 139 Å². The van der Waals surface area contributed by atoms with Crippen molar-refractivity contribution >= 4 is 16.0 Å². The molecule has 7 heteroatoms. The van der Waals surface area contributed by atoms with Crippen LogP contribution in [0, 0.1) is 12.7 Å². The van der Waals surface area contributed by atoms with Crippen molar-refractivity contribution in [2.24, 2.45) is 0 Å². The van der Waals surface area contributed by atoms with Gasteiger partial charge in [0.1, 0.15) is 11.9 Å². The minimum absolute atomic E-state index is 0.103. The summed E-state index contributed by atoms with van der Waals surface area (Å²) < 4.78 is 44.6. The standard InChI is InChI=1S/C17H16FNO4S/c1-11-3-9-14(10-4-11)24(21,22)19-15(16(19)17(20)23-2)12-5-7-13(18)8-6-12/h3-10,15-16H,1-2H3/t15-,16+,19?/m1/s1. The zero-order valence-electron chi connectivity index (χ0n) is 13.1. The SMILES string of the molecule is COC(=O)[C@@H]1[C@@H](c2ccc(F)cc2)N1S(=O)(=O)c1ccc(C)cc1. The molecule has 2 aromatic carbocycles. The minimum atomic E-state index is -3.86. The summed E-state index contributed by atoms with van der Waals surface area (Å²) in [5.74, 6) is -1.07. The molecule has 24 heavy (non-hydrogen) atoms. The zero-order chi connectivity index (χ0) is 17.5. The minimum Gasteiger partial charge on any atom is -0.468 e. The number of nitrogens with zero attached hydrogens (tertiary/aromatic N) is 1. The van der Waals surface area contributed by atoms with Crippen LogP contribution in [0.3, 0.4) is 0 Å². The van der Waals surface area contributed by atoms with Gasteiger partial charge in [-0.25, -0.2) is 12.8 Å². The van der Waals surface area contributed by atoms with Gasteiger partial charge < -0.3 is 4.74 Å². The van der Waals surface area contributed by atoms with E-state index >= 15 is 0 Å². The Balaban J connectivity index is 1.99. The third-order valence-corrected chi connectivity index (χ3v) is 5.89. The van der Waals surface area contributed by atoms with Gasteiger partial charge in [-0.15, -0.1) is 0 Å². The number of esters is 1. The molecular weight excluding hydrogens is 333 g/mol. The molecule has 3 atom stereocenters. The summed E-state index contributed by atoms with van der Waals surface area (Å²) in [7, 11) is -2.65. The molecule has 1 saturated heterocycles. The maximum absolute atomic E-state index is 13.1. The molecule has 1 heterocycles. The number of methoxy groups -OCH3 is 1. The van der Waals surface area contributed by atoms with E-state index in [9.17, 15) is 17.6 Å². The Kier molecular flexibility index (Phi) is 4.15. The van der Waals surface area contributed by atoms with Crippen molar-refractivity contribution in [2.45, 2.75) is 23.9 Å². The smallest absolute Gasteiger partial charge is 0.326 e. The number of hydrogen-bond donors (Lipinski definition) is 0. The van der Waals surface area contributed by atoms with Gasteiger partial charge in [0.25, 0.3) is 0 Å². The number of ether oxygens (including phenoxy) is 1. The number of aryl methyl sites for hydroxylation is 1. The number of sulfonamides is 1. The van der Waals surface area contributed by atoms with Crippen LogP contribution in [0.1, 0.15) is 17.2 Å². The molecule has 0 saturated carbocycles. The van der Waals surface area contributed by atoms with Crippen LogP contribution >= 0.6 is 0 Å². The van der Waals surface area contributed by atoms with Gasteiger partial charge in [-0.2, -0.15) is 4.31 Å². The molecule has 0 aromatic heterocycles. The average Bonchev–Trinajstić information content (AvgIpc) is 3.31. The fourth-order valence-electron chi connectivity index (χ4n) is 2.69. The molecule has 1 aliphatic rings. The lowest BCUT2D eigenvalue weighted by Crippen LogP contribution is -2.20. The molecule has 0 spiro atoms. The van der Waals surface area contributed by atoms with Gasteiger partial charge in [-0.3, -0.25) is 4.79 Å². The van der Waals surface area contributed by atoms with Crippen LogP contribution < -0.4 is 0 Å². The first-order chi connectivity index (χ1) is 11.4. The van der Waals surface area contributed by atoms with Gasteiger partial charge in [-0.05, 0) is 36.8 Å². The van der Waals surface area contributed by atoms with E-state index in [1.54, 1.807) is 12.1 Å². The van der Waals surface area contributed by atoms with Gasteiger partial charge >= 0.3 is 5.97 Å². The lowest BCUT2D eigenvalue weighted by molar-refractivity contribution is -0.140. The number of carbonyl (C=O) groups excluding carboxylic acids is 1. The van der Waals surface area contributed by atoms with E-state index in [-0.39, 0.29) is 4.90 Å². The van der Waals surface area contributed by atoms with E-state index in [2.05, 4.69) is 0 Å². The molecule has 0 aliphatic carbocycles. The van der Waals surface area contributed by atoms with Gasteiger partial charge in [-0.1, -0.05) is 29.8 Å². The van der Waals surface area contributed by atoms with Crippen molar-refractivity contribution in [3.63, 3.8) is 0 Å². The number of hydrogen-bond acceptors (Lipinski definition) is 4. The molecule has 2 aromatic rings. The maximum atomic E-state index is 13.1. The highest BCUT2D eigenvalue weighted by Crippen LogP contribution is 2.48. The number of rotatable bonds is 4. The third-order valence-electron chi connectivity index (χ3n) is 4.01. The van der Waals surface area contributed by atoms with Crippen molar-refractivity contribution in [1.82, 2.24) is 4.31 Å². The summed E-state index contributed by atoms with van der Waals surface area (Å²) in [6.45, 7) is 1.85. The molecule has 3 rings (SSSR count). The van der Waals surface area contributed by atoms with Crippen LogP contribution in [-0.2, 0) is 19.6 Å². The Morgan fingerprint density at radius 2 is 1.67 bits per heavy atom. The van der Waals surface area contributed by atoms with Crippen molar-refractivity contribution in [1.29, 1.82) is 0 Å². The lowest BCUT2D eigenvalue weighted by atomic mass is 10.1. The zero-order valence-corrected chi connectivity index (χ0v) is 14.0. The van der Waals surface area contributed by atoms with E-state index in [1.165, 1.54) is 43.5 Å². The molecule has 1 aliphatic heterocycles. The highest BCUT2D eigenvalue weighted by molar-refractivity contribution is 7.89. The summed E-state index contributed by atoms with van der Waals surface area (Å²) in [6, 6.07) is 10.2. The second-order valence-electron chi connectivity index (χ2n) is 5.61. The first kappa shape index (κ1) is 16.6. The summed E-state index contributed by atoms with van der Waals surface area (Å²) in [6.07, 6.45) is 0. The molecule has 0 bridgehead atoms. The van der Waals surface area contributed by atoms with Crippen LogP contribution in [0.5, 0.6) is 0 Å². The molecule has 0 amide bonds. The Morgan fingerprint density at radius 1 is 1.08 bits per heavy atom. The first-order valence-electron chi connectivity index (χ1n) is 7.30. The molecule has 5 nitrogen and oxygen atoms in total. The molecule has 0 radical (unpaired) electrons. The van der Waals surface area contributed by atoms with Gasteiger partial charge in [0.05, 0.1) is 18.0 Å². The van der Waals surface area contributed by atoms with E-state index in [4.69, 9.17) is 4.74 Å². The first-order valence-corrected chi connectivity index (χ1v) is 8.74. The number of carbonyl (C=O) groups is 1. The van der Waals surface area contributed by atoms with Crippen molar-refractivity contribution < 1.29 is 22.3 Å². The van der Waals surface area contributed by atoms with E-state index in [1.807, 2.05) is 6.92 Å². The second-order valence-corrected chi connectivity index (χ2v) is 7.46. The second kappa shape index (κ2) is 5.99. The fourth-order valence-corrected chi connectivity index (χ4v) is 4.39. The summed E-state index contributed by atoms with van der Waals surface area (Å²) >= 11 is 0. The van der Waals surface area contributed by atoms with Crippen molar-refractivity contribution in [3.8, 4) is 0 Å². The highest BCUT2D eigenvalue weighted by Gasteiger charge is 2.61. The van der Waals surface area contributed by atoms with Crippen LogP contribution in [0.15, 0.2) is 53.4 Å². The predicted molar refractivity (Wildman–Crippen MR) is 85.1 cm³/mol. The lowest BCUT2D eigenvalue weighted by Gasteiger charge is -2.07. The van der Waals surface area contributed by atoms with E-state index in [0.717, 1.165) is 9.87 Å². The van der Waals surface area contributed by atoms with Gasteiger partial charge in [0, 0.05) is 0 Å². The highest BCUT2D eigenvalue weighted by atomic mass is 32.2. The molecule has 1 unspecified atom stereocenters.